The van der Waals surface area contributed by atoms with Gasteiger partial charge in [0.1, 0.15) is 5.75 Å². The molecule has 1 aromatic carbocycles. The molecule has 1 saturated heterocycles. The van der Waals surface area contributed by atoms with Gasteiger partial charge in [-0.3, -0.25) is 9.59 Å². The molecule has 0 aliphatic carbocycles. The van der Waals surface area contributed by atoms with E-state index in [2.05, 4.69) is 53.3 Å². The van der Waals surface area contributed by atoms with Crippen molar-refractivity contribution < 1.29 is 9.53 Å². The highest BCUT2D eigenvalue weighted by atomic mass is 79.9. The average Bonchev–Trinajstić information content (AvgIpc) is 3.23. The van der Waals surface area contributed by atoms with E-state index in [1.807, 2.05) is 32.0 Å². The van der Waals surface area contributed by atoms with E-state index in [1.54, 1.807) is 25.6 Å². The number of nitrogens with zero attached hydrogens (tertiary/aromatic N) is 4. The summed E-state index contributed by atoms with van der Waals surface area (Å²) in [4.78, 5) is 40.3. The number of rotatable bonds is 8. The Morgan fingerprint density at radius 1 is 1.18 bits per heavy atom. The smallest absolute Gasteiger partial charge is 0.255 e. The topological polar surface area (TPSA) is 93.1 Å². The molecule has 39 heavy (non-hydrogen) atoms. The molecule has 8 nitrogen and oxygen atoms in total. The molecule has 0 unspecified atom stereocenters. The Morgan fingerprint density at radius 3 is 2.56 bits per heavy atom. The Kier molecular flexibility index (Phi) is 7.88. The van der Waals surface area contributed by atoms with Crippen LogP contribution in [0.4, 0.5) is 5.95 Å². The maximum Gasteiger partial charge on any atom is 0.255 e. The minimum atomic E-state index is -0.202. The molecule has 4 heterocycles. The van der Waals surface area contributed by atoms with Crippen molar-refractivity contribution in [2.45, 2.75) is 52.5 Å². The first-order valence-corrected chi connectivity index (χ1v) is 14.2. The van der Waals surface area contributed by atoms with Crippen LogP contribution in [0.5, 0.6) is 5.75 Å². The van der Waals surface area contributed by atoms with Gasteiger partial charge in [0.25, 0.3) is 5.56 Å². The van der Waals surface area contributed by atoms with Crippen LogP contribution in [0.2, 0.25) is 0 Å². The number of carbonyl (C=O) groups excluding carboxylic acids is 1. The lowest BCUT2D eigenvalue weighted by Gasteiger charge is -2.36. The summed E-state index contributed by atoms with van der Waals surface area (Å²) in [5.74, 6) is 1.80. The number of hydrogen-bond acceptors (Lipinski definition) is 6. The van der Waals surface area contributed by atoms with Crippen LogP contribution in [0.25, 0.3) is 10.9 Å². The monoisotopic (exact) mass is 591 g/mol. The summed E-state index contributed by atoms with van der Waals surface area (Å²) in [7, 11) is 1.55. The van der Waals surface area contributed by atoms with Gasteiger partial charge in [0.05, 0.1) is 17.1 Å². The molecule has 1 fully saturated rings. The van der Waals surface area contributed by atoms with Crippen LogP contribution in [0.3, 0.4) is 0 Å². The molecule has 0 spiro atoms. The molecule has 3 aromatic heterocycles. The Morgan fingerprint density at radius 2 is 1.87 bits per heavy atom. The number of aryl methyl sites for hydroxylation is 1. The number of ether oxygens (including phenoxy) is 1. The number of halogens is 1. The highest BCUT2D eigenvalue weighted by Gasteiger charge is 2.30. The number of piperidine rings is 1. The van der Waals surface area contributed by atoms with Gasteiger partial charge < -0.3 is 19.2 Å². The van der Waals surface area contributed by atoms with Crippen molar-refractivity contribution in [2.75, 3.05) is 25.1 Å². The van der Waals surface area contributed by atoms with Gasteiger partial charge in [0, 0.05) is 65.8 Å². The van der Waals surface area contributed by atoms with Gasteiger partial charge in [-0.2, -0.15) is 0 Å². The first kappa shape index (κ1) is 27.1. The normalized spacial score (nSPS) is 15.1. The Hall–Kier alpha value is -3.46. The van der Waals surface area contributed by atoms with Gasteiger partial charge in [-0.05, 0) is 74.0 Å². The number of Topliss-reactive ketones (excluding diaryl/α,β-unsaturated/α-hetero) is 1. The highest BCUT2D eigenvalue weighted by molar-refractivity contribution is 9.10. The summed E-state index contributed by atoms with van der Waals surface area (Å²) in [6.45, 7) is 7.92. The number of nitrogens with one attached hydrogen (secondary N) is 1. The number of fused-ring (bicyclic) bond motifs is 1. The number of carbonyl (C=O) groups is 1. The van der Waals surface area contributed by atoms with Crippen LogP contribution >= 0.6 is 15.9 Å². The van der Waals surface area contributed by atoms with Gasteiger partial charge in [-0.1, -0.05) is 18.2 Å². The molecule has 5 rings (SSSR count). The average molecular weight is 593 g/mol. The minimum absolute atomic E-state index is 0.0406. The first-order valence-electron chi connectivity index (χ1n) is 13.4. The maximum absolute atomic E-state index is 13.7. The molecule has 1 N–H and O–H groups in total. The van der Waals surface area contributed by atoms with E-state index in [1.165, 1.54) is 0 Å². The van der Waals surface area contributed by atoms with Crippen LogP contribution < -0.4 is 15.2 Å². The third-order valence-corrected chi connectivity index (χ3v) is 8.41. The number of aromatic amines is 1. The van der Waals surface area contributed by atoms with Crippen LogP contribution in [0.15, 0.2) is 52.0 Å². The predicted molar refractivity (Wildman–Crippen MR) is 157 cm³/mol. The first-order chi connectivity index (χ1) is 18.8. The molecular weight excluding hydrogens is 558 g/mol. The van der Waals surface area contributed by atoms with Crippen LogP contribution in [-0.4, -0.2) is 45.5 Å². The molecule has 1 aliphatic heterocycles. The maximum atomic E-state index is 13.7. The molecule has 4 aromatic rings. The largest absolute Gasteiger partial charge is 0.496 e. The van der Waals surface area contributed by atoms with Crippen molar-refractivity contribution in [3.05, 3.63) is 80.1 Å². The summed E-state index contributed by atoms with van der Waals surface area (Å²) in [5.41, 5.74) is 3.85. The van der Waals surface area contributed by atoms with Crippen LogP contribution in [0.1, 0.15) is 59.5 Å². The van der Waals surface area contributed by atoms with Gasteiger partial charge in [0.15, 0.2) is 5.78 Å². The van der Waals surface area contributed by atoms with Crippen molar-refractivity contribution >= 4 is 38.6 Å². The number of pyridine rings is 1. The number of methoxy groups -OCH3 is 1. The van der Waals surface area contributed by atoms with E-state index in [-0.39, 0.29) is 23.8 Å². The van der Waals surface area contributed by atoms with Crippen molar-refractivity contribution in [1.29, 1.82) is 0 Å². The number of anilines is 1. The summed E-state index contributed by atoms with van der Waals surface area (Å²) in [6, 6.07) is 10.2. The molecular formula is C30H34BrN5O3. The fourth-order valence-electron chi connectivity index (χ4n) is 6.00. The minimum Gasteiger partial charge on any atom is -0.496 e. The fourth-order valence-corrected chi connectivity index (χ4v) is 6.20. The van der Waals surface area contributed by atoms with Crippen LogP contribution in [-0.2, 0) is 6.42 Å². The van der Waals surface area contributed by atoms with E-state index in [9.17, 15) is 9.59 Å². The number of hydrogen-bond donors (Lipinski definition) is 1. The molecule has 0 radical (unpaired) electrons. The summed E-state index contributed by atoms with van der Waals surface area (Å²) in [5, 5.41) is 0.970. The molecule has 9 heteroatoms. The van der Waals surface area contributed by atoms with Crippen LogP contribution in [0, 0.1) is 19.8 Å². The second-order valence-corrected chi connectivity index (χ2v) is 11.3. The molecule has 0 amide bonds. The standard InChI is InChI=1S/C30H34BrN5O3/c1-18-15-27(39-4)24(29(38)34-18)9-10-26(37)28-20(3)36(25-8-6-5-7-23(25)28)19(2)21-11-13-35(14-12-21)30-32-16-22(31)17-33-30/h5-8,15-17,19,21H,9-14H2,1-4H3,(H,34,38)/t19-/m1/s1. The SMILES string of the molecule is COc1cc(C)[nH]c(=O)c1CCC(=O)c1c(C)n([C@H](C)C2CCN(c3ncc(Br)cn3)CC2)c2ccccc12. The van der Waals surface area contributed by atoms with E-state index in [0.717, 1.165) is 64.2 Å². The lowest BCUT2D eigenvalue weighted by atomic mass is 9.90. The van der Waals surface area contributed by atoms with Gasteiger partial charge >= 0.3 is 0 Å². The molecule has 204 valence electrons. The van der Waals surface area contributed by atoms with E-state index in [4.69, 9.17) is 4.74 Å². The molecule has 0 saturated carbocycles. The number of H-pyrrole nitrogens is 1. The third-order valence-electron chi connectivity index (χ3n) is 8.01. The lowest BCUT2D eigenvalue weighted by molar-refractivity contribution is 0.0983. The molecule has 1 atom stereocenters. The zero-order valence-corrected chi connectivity index (χ0v) is 24.4. The van der Waals surface area contributed by atoms with Crippen molar-refractivity contribution in [3.63, 3.8) is 0 Å². The van der Waals surface area contributed by atoms with Gasteiger partial charge in [-0.25, -0.2) is 9.97 Å². The summed E-state index contributed by atoms with van der Waals surface area (Å²) < 4.78 is 8.65. The van der Waals surface area contributed by atoms with Crippen molar-refractivity contribution in [3.8, 4) is 5.75 Å². The Balaban J connectivity index is 1.37. The van der Waals surface area contributed by atoms with Crippen molar-refractivity contribution in [1.82, 2.24) is 19.5 Å². The lowest BCUT2D eigenvalue weighted by Crippen LogP contribution is -2.37. The summed E-state index contributed by atoms with van der Waals surface area (Å²) >= 11 is 3.40. The Bertz CT molecular complexity index is 1550. The second-order valence-electron chi connectivity index (χ2n) is 10.4. The predicted octanol–water partition coefficient (Wildman–Crippen LogP) is 5.80. The zero-order valence-electron chi connectivity index (χ0n) is 22.8. The second kappa shape index (κ2) is 11.3. The Labute approximate surface area is 236 Å². The van der Waals surface area contributed by atoms with E-state index >= 15 is 0 Å². The molecule has 1 aliphatic rings. The van der Waals surface area contributed by atoms with E-state index < -0.39 is 0 Å². The van der Waals surface area contributed by atoms with Gasteiger partial charge in [0.2, 0.25) is 5.95 Å². The number of para-hydroxylation sites is 1. The number of aromatic nitrogens is 4. The van der Waals surface area contributed by atoms with Crippen molar-refractivity contribution in [2.24, 2.45) is 5.92 Å². The number of ketones is 1. The highest BCUT2D eigenvalue weighted by Crippen LogP contribution is 2.36. The molecule has 0 bridgehead atoms. The van der Waals surface area contributed by atoms with E-state index in [0.29, 0.717) is 23.7 Å². The third kappa shape index (κ3) is 5.37. The van der Waals surface area contributed by atoms with Gasteiger partial charge in [-0.15, -0.1) is 0 Å². The number of benzene rings is 1. The quantitative estimate of drug-likeness (QED) is 0.260. The zero-order chi connectivity index (χ0) is 27.7. The summed E-state index contributed by atoms with van der Waals surface area (Å²) in [6.07, 6.45) is 6.17. The fraction of sp³-hybridized carbons (Fsp3) is 0.400.